The standard InChI is InChI=1S/C15H13N3O3/c19-14(11-7-16-9-17-8-11)18-6-5-10-3-1-2-4-12(10)13(18)15(20)21/h1-4,7-9,13H,5-6H2,(H,20,21). The van der Waals surface area contributed by atoms with E-state index < -0.39 is 12.0 Å². The average molecular weight is 283 g/mol. The molecule has 1 atom stereocenters. The summed E-state index contributed by atoms with van der Waals surface area (Å²) in [6.45, 7) is 0.363. The van der Waals surface area contributed by atoms with Crippen molar-refractivity contribution in [1.82, 2.24) is 14.9 Å². The van der Waals surface area contributed by atoms with Gasteiger partial charge >= 0.3 is 5.97 Å². The van der Waals surface area contributed by atoms with Gasteiger partial charge in [-0.25, -0.2) is 14.8 Å². The van der Waals surface area contributed by atoms with Crippen LogP contribution in [0.3, 0.4) is 0 Å². The van der Waals surface area contributed by atoms with Crippen LogP contribution in [0.1, 0.15) is 27.5 Å². The Hall–Kier alpha value is -2.76. The molecule has 1 aromatic heterocycles. The summed E-state index contributed by atoms with van der Waals surface area (Å²) >= 11 is 0. The maximum atomic E-state index is 12.5. The van der Waals surface area contributed by atoms with Gasteiger partial charge in [-0.3, -0.25) is 4.79 Å². The van der Waals surface area contributed by atoms with Crippen LogP contribution < -0.4 is 0 Å². The molecule has 1 aliphatic heterocycles. The first-order valence-electron chi connectivity index (χ1n) is 6.55. The second-order valence-electron chi connectivity index (χ2n) is 4.82. The van der Waals surface area contributed by atoms with Gasteiger partial charge in [-0.1, -0.05) is 24.3 Å². The van der Waals surface area contributed by atoms with Crippen molar-refractivity contribution in [3.8, 4) is 0 Å². The molecule has 0 fully saturated rings. The van der Waals surface area contributed by atoms with Gasteiger partial charge < -0.3 is 10.0 Å². The highest BCUT2D eigenvalue weighted by molar-refractivity contribution is 5.96. The van der Waals surface area contributed by atoms with Crippen molar-refractivity contribution < 1.29 is 14.7 Å². The van der Waals surface area contributed by atoms with Gasteiger partial charge in [0.2, 0.25) is 0 Å². The normalized spacial score (nSPS) is 17.1. The monoisotopic (exact) mass is 283 g/mol. The third kappa shape index (κ3) is 2.35. The van der Waals surface area contributed by atoms with Crippen molar-refractivity contribution in [2.75, 3.05) is 6.54 Å². The third-order valence-electron chi connectivity index (χ3n) is 3.59. The molecule has 2 aromatic rings. The van der Waals surface area contributed by atoms with E-state index in [0.29, 0.717) is 24.1 Å². The van der Waals surface area contributed by atoms with Crippen LogP contribution in [0.25, 0.3) is 0 Å². The van der Waals surface area contributed by atoms with E-state index >= 15 is 0 Å². The number of aromatic nitrogens is 2. The molecule has 1 aromatic carbocycles. The number of carbonyl (C=O) groups excluding carboxylic acids is 1. The third-order valence-corrected chi connectivity index (χ3v) is 3.59. The highest BCUT2D eigenvalue weighted by Crippen LogP contribution is 2.30. The quantitative estimate of drug-likeness (QED) is 0.898. The second-order valence-corrected chi connectivity index (χ2v) is 4.82. The average Bonchev–Trinajstić information content (AvgIpc) is 2.53. The number of aliphatic carboxylic acids is 1. The second kappa shape index (κ2) is 5.32. The lowest BCUT2D eigenvalue weighted by Crippen LogP contribution is -2.43. The van der Waals surface area contributed by atoms with Gasteiger partial charge in [0.15, 0.2) is 6.04 Å². The Morgan fingerprint density at radius 3 is 2.62 bits per heavy atom. The van der Waals surface area contributed by atoms with Crippen LogP contribution in [0.15, 0.2) is 43.0 Å². The van der Waals surface area contributed by atoms with E-state index in [9.17, 15) is 14.7 Å². The minimum Gasteiger partial charge on any atom is -0.479 e. The number of carboxylic acid groups (broad SMARTS) is 1. The molecular weight excluding hydrogens is 270 g/mol. The zero-order chi connectivity index (χ0) is 14.8. The summed E-state index contributed by atoms with van der Waals surface area (Å²) < 4.78 is 0. The first kappa shape index (κ1) is 13.2. The number of hydrogen-bond acceptors (Lipinski definition) is 4. The van der Waals surface area contributed by atoms with Crippen LogP contribution in [-0.2, 0) is 11.2 Å². The molecular formula is C15H13N3O3. The molecule has 1 aliphatic rings. The summed E-state index contributed by atoms with van der Waals surface area (Å²) in [5, 5.41) is 9.53. The predicted octanol–water partition coefficient (Wildman–Crippen LogP) is 1.30. The number of nitrogens with zero attached hydrogens (tertiary/aromatic N) is 3. The van der Waals surface area contributed by atoms with Crippen LogP contribution >= 0.6 is 0 Å². The Morgan fingerprint density at radius 1 is 1.19 bits per heavy atom. The van der Waals surface area contributed by atoms with Crippen molar-refractivity contribution in [1.29, 1.82) is 0 Å². The number of benzene rings is 1. The minimum atomic E-state index is -1.03. The smallest absolute Gasteiger partial charge is 0.331 e. The number of fused-ring (bicyclic) bond motifs is 1. The predicted molar refractivity (Wildman–Crippen MR) is 73.6 cm³/mol. The fraction of sp³-hybridized carbons (Fsp3) is 0.200. The summed E-state index contributed by atoms with van der Waals surface area (Å²) in [4.78, 5) is 33.1. The fourth-order valence-electron chi connectivity index (χ4n) is 2.63. The molecule has 0 radical (unpaired) electrons. The molecule has 6 heteroatoms. The lowest BCUT2D eigenvalue weighted by Gasteiger charge is -2.34. The van der Waals surface area contributed by atoms with Crippen LogP contribution in [0.2, 0.25) is 0 Å². The maximum absolute atomic E-state index is 12.5. The molecule has 0 saturated heterocycles. The van der Waals surface area contributed by atoms with E-state index in [1.165, 1.54) is 23.6 Å². The number of amides is 1. The van der Waals surface area contributed by atoms with Crippen molar-refractivity contribution in [3.05, 3.63) is 59.7 Å². The van der Waals surface area contributed by atoms with E-state index in [4.69, 9.17) is 0 Å². The summed E-state index contributed by atoms with van der Waals surface area (Å²) in [5.74, 6) is -1.40. The van der Waals surface area contributed by atoms with Gasteiger partial charge in [-0.15, -0.1) is 0 Å². The van der Waals surface area contributed by atoms with Gasteiger partial charge in [0.25, 0.3) is 5.91 Å². The molecule has 3 rings (SSSR count). The molecule has 0 spiro atoms. The summed E-state index contributed by atoms with van der Waals surface area (Å²) in [7, 11) is 0. The molecule has 1 unspecified atom stereocenters. The van der Waals surface area contributed by atoms with Crippen molar-refractivity contribution in [2.45, 2.75) is 12.5 Å². The lowest BCUT2D eigenvalue weighted by molar-refractivity contribution is -0.143. The van der Waals surface area contributed by atoms with Gasteiger partial charge in [0.1, 0.15) is 6.33 Å². The van der Waals surface area contributed by atoms with E-state index in [0.717, 1.165) is 5.56 Å². The van der Waals surface area contributed by atoms with E-state index in [2.05, 4.69) is 9.97 Å². The number of carbonyl (C=O) groups is 2. The van der Waals surface area contributed by atoms with Gasteiger partial charge in [-0.2, -0.15) is 0 Å². The van der Waals surface area contributed by atoms with Crippen LogP contribution in [0, 0.1) is 0 Å². The first-order chi connectivity index (χ1) is 10.2. The minimum absolute atomic E-state index is 0.295. The molecule has 0 saturated carbocycles. The Balaban J connectivity index is 2.00. The topological polar surface area (TPSA) is 83.4 Å². The zero-order valence-electron chi connectivity index (χ0n) is 11.1. The van der Waals surface area contributed by atoms with Crippen molar-refractivity contribution in [2.24, 2.45) is 0 Å². The molecule has 0 aliphatic carbocycles. The van der Waals surface area contributed by atoms with Crippen molar-refractivity contribution >= 4 is 11.9 Å². The highest BCUT2D eigenvalue weighted by atomic mass is 16.4. The molecule has 21 heavy (non-hydrogen) atoms. The molecule has 6 nitrogen and oxygen atoms in total. The van der Waals surface area contributed by atoms with Crippen LogP contribution in [0.4, 0.5) is 0 Å². The van der Waals surface area contributed by atoms with Crippen LogP contribution in [0.5, 0.6) is 0 Å². The van der Waals surface area contributed by atoms with Gasteiger partial charge in [0, 0.05) is 18.9 Å². The summed E-state index contributed by atoms with van der Waals surface area (Å²) in [5.41, 5.74) is 1.93. The maximum Gasteiger partial charge on any atom is 0.331 e. The Labute approximate surface area is 121 Å². The van der Waals surface area contributed by atoms with Gasteiger partial charge in [0.05, 0.1) is 5.56 Å². The highest BCUT2D eigenvalue weighted by Gasteiger charge is 2.36. The van der Waals surface area contributed by atoms with E-state index in [1.807, 2.05) is 12.1 Å². The van der Waals surface area contributed by atoms with Crippen molar-refractivity contribution in [3.63, 3.8) is 0 Å². The Kier molecular flexibility index (Phi) is 3.35. The Morgan fingerprint density at radius 2 is 1.90 bits per heavy atom. The van der Waals surface area contributed by atoms with Crippen LogP contribution in [-0.4, -0.2) is 38.4 Å². The summed E-state index contributed by atoms with van der Waals surface area (Å²) in [6.07, 6.45) is 4.76. The number of rotatable bonds is 2. The molecule has 106 valence electrons. The zero-order valence-corrected chi connectivity index (χ0v) is 11.1. The largest absolute Gasteiger partial charge is 0.479 e. The lowest BCUT2D eigenvalue weighted by atomic mass is 9.92. The number of hydrogen-bond donors (Lipinski definition) is 1. The molecule has 1 amide bonds. The van der Waals surface area contributed by atoms with Gasteiger partial charge in [-0.05, 0) is 17.5 Å². The van der Waals surface area contributed by atoms with E-state index in [1.54, 1.807) is 12.1 Å². The molecule has 1 N–H and O–H groups in total. The summed E-state index contributed by atoms with van der Waals surface area (Å²) in [6, 6.07) is 6.35. The molecule has 2 heterocycles. The SMILES string of the molecule is O=C(O)C1c2ccccc2CCN1C(=O)c1cncnc1. The Bertz CT molecular complexity index is 688. The molecule has 0 bridgehead atoms. The van der Waals surface area contributed by atoms with E-state index in [-0.39, 0.29) is 5.91 Å². The number of carboxylic acids is 1. The fourth-order valence-corrected chi connectivity index (χ4v) is 2.63. The first-order valence-corrected chi connectivity index (χ1v) is 6.55.